The lowest BCUT2D eigenvalue weighted by Gasteiger charge is -2.27. The third kappa shape index (κ3) is 3.99. The fraction of sp³-hybridized carbons (Fsp3) is 0.462. The van der Waals surface area contributed by atoms with Gasteiger partial charge in [0.2, 0.25) is 10.0 Å². The van der Waals surface area contributed by atoms with Gasteiger partial charge in [-0.25, -0.2) is 12.7 Å². The van der Waals surface area contributed by atoms with E-state index in [4.69, 9.17) is 0 Å². The maximum atomic E-state index is 12.4. The first-order valence-electron chi connectivity index (χ1n) is 6.56. The summed E-state index contributed by atoms with van der Waals surface area (Å²) in [5, 5.41) is 3.19. The highest BCUT2D eigenvalue weighted by Gasteiger charge is 2.23. The molecule has 2 rings (SSSR count). The van der Waals surface area contributed by atoms with Gasteiger partial charge in [-0.1, -0.05) is 0 Å². The van der Waals surface area contributed by atoms with Crippen molar-refractivity contribution in [1.29, 1.82) is 0 Å². The number of amides is 1. The van der Waals surface area contributed by atoms with Gasteiger partial charge in [0.25, 0.3) is 5.91 Å². The van der Waals surface area contributed by atoms with Crippen molar-refractivity contribution in [3.8, 4) is 0 Å². The van der Waals surface area contributed by atoms with Gasteiger partial charge in [-0.15, -0.1) is 12.4 Å². The van der Waals surface area contributed by atoms with Crippen molar-refractivity contribution >= 4 is 44.3 Å². The Morgan fingerprint density at radius 1 is 1.27 bits per heavy atom. The second-order valence-corrected chi connectivity index (χ2v) is 7.95. The summed E-state index contributed by atoms with van der Waals surface area (Å²) in [6.45, 7) is 2.88. The van der Waals surface area contributed by atoms with Crippen molar-refractivity contribution in [1.82, 2.24) is 14.5 Å². The van der Waals surface area contributed by atoms with Gasteiger partial charge in [-0.05, 0) is 34.1 Å². The van der Waals surface area contributed by atoms with Crippen LogP contribution in [0.2, 0.25) is 0 Å². The lowest BCUT2D eigenvalue weighted by atomic mass is 10.2. The molecule has 1 amide bonds. The molecule has 0 bridgehead atoms. The quantitative estimate of drug-likeness (QED) is 0.809. The summed E-state index contributed by atoms with van der Waals surface area (Å²) in [5.41, 5.74) is 0.487. The highest BCUT2D eigenvalue weighted by molar-refractivity contribution is 9.10. The monoisotopic (exact) mass is 411 g/mol. The molecule has 0 aliphatic carbocycles. The number of benzene rings is 1. The van der Waals surface area contributed by atoms with E-state index in [1.807, 2.05) is 0 Å². The first-order valence-corrected chi connectivity index (χ1v) is 8.79. The van der Waals surface area contributed by atoms with E-state index in [9.17, 15) is 13.2 Å². The predicted molar refractivity (Wildman–Crippen MR) is 91.0 cm³/mol. The minimum Gasteiger partial charge on any atom is -0.336 e. The number of piperazine rings is 1. The molecule has 0 aromatic heterocycles. The first-order chi connectivity index (χ1) is 9.84. The van der Waals surface area contributed by atoms with Crippen LogP contribution in [-0.2, 0) is 10.0 Å². The summed E-state index contributed by atoms with van der Waals surface area (Å²) >= 11 is 3.25. The van der Waals surface area contributed by atoms with E-state index in [1.54, 1.807) is 17.0 Å². The Labute approximate surface area is 145 Å². The standard InChI is InChI=1S/C13H18BrN3O3S.ClH/c1-16(2)21(19,20)12-4-3-10(9-11(12)14)13(18)17-7-5-15-6-8-17;/h3-4,9,15H,5-8H2,1-2H3;1H. The average Bonchev–Trinajstić information content (AvgIpc) is 2.46. The van der Waals surface area contributed by atoms with Crippen LogP contribution in [0.3, 0.4) is 0 Å². The number of halogens is 2. The zero-order valence-electron chi connectivity index (χ0n) is 12.4. The van der Waals surface area contributed by atoms with Gasteiger partial charge in [-0.3, -0.25) is 4.79 Å². The van der Waals surface area contributed by atoms with Crippen molar-refractivity contribution in [2.75, 3.05) is 40.3 Å². The molecule has 0 atom stereocenters. The van der Waals surface area contributed by atoms with Gasteiger partial charge < -0.3 is 10.2 Å². The van der Waals surface area contributed by atoms with Gasteiger partial charge in [0.05, 0.1) is 4.90 Å². The fourth-order valence-electron chi connectivity index (χ4n) is 2.09. The smallest absolute Gasteiger partial charge is 0.253 e. The lowest BCUT2D eigenvalue weighted by molar-refractivity contribution is 0.0735. The van der Waals surface area contributed by atoms with Crippen LogP contribution in [0.1, 0.15) is 10.4 Å². The second kappa shape index (κ2) is 7.74. The van der Waals surface area contributed by atoms with Gasteiger partial charge in [0.1, 0.15) is 0 Å². The molecule has 9 heteroatoms. The van der Waals surface area contributed by atoms with Gasteiger partial charge in [-0.2, -0.15) is 0 Å². The molecule has 1 aliphatic rings. The van der Waals surface area contributed by atoms with Gasteiger partial charge in [0.15, 0.2) is 0 Å². The number of nitrogens with zero attached hydrogens (tertiary/aromatic N) is 2. The molecule has 1 saturated heterocycles. The minimum absolute atomic E-state index is 0. The molecule has 0 radical (unpaired) electrons. The Hall–Kier alpha value is -0.670. The molecule has 1 fully saturated rings. The summed E-state index contributed by atoms with van der Waals surface area (Å²) in [6, 6.07) is 4.60. The van der Waals surface area contributed by atoms with Crippen LogP contribution in [-0.4, -0.2) is 63.8 Å². The normalized spacial score (nSPS) is 15.5. The van der Waals surface area contributed by atoms with E-state index >= 15 is 0 Å². The van der Waals surface area contributed by atoms with Gasteiger partial charge >= 0.3 is 0 Å². The Kier molecular flexibility index (Phi) is 6.82. The number of nitrogens with one attached hydrogen (secondary N) is 1. The number of hydrogen-bond acceptors (Lipinski definition) is 4. The molecule has 22 heavy (non-hydrogen) atoms. The third-order valence-corrected chi connectivity index (χ3v) is 6.13. The van der Waals surface area contributed by atoms with Crippen molar-refractivity contribution in [2.24, 2.45) is 0 Å². The number of sulfonamides is 1. The highest BCUT2D eigenvalue weighted by atomic mass is 79.9. The second-order valence-electron chi connectivity index (χ2n) is 4.97. The number of hydrogen-bond donors (Lipinski definition) is 1. The number of rotatable bonds is 3. The van der Waals surface area contributed by atoms with Gasteiger partial charge in [0, 0.05) is 50.3 Å². The highest BCUT2D eigenvalue weighted by Crippen LogP contribution is 2.25. The molecule has 6 nitrogen and oxygen atoms in total. The first kappa shape index (κ1) is 19.4. The molecule has 1 aliphatic heterocycles. The van der Waals surface area contributed by atoms with E-state index in [-0.39, 0.29) is 23.2 Å². The molecule has 0 spiro atoms. The van der Waals surface area contributed by atoms with Crippen molar-refractivity contribution in [2.45, 2.75) is 4.90 Å². The third-order valence-electron chi connectivity index (χ3n) is 3.34. The summed E-state index contributed by atoms with van der Waals surface area (Å²) in [5.74, 6) is -0.0778. The van der Waals surface area contributed by atoms with E-state index in [1.165, 1.54) is 20.2 Å². The molecule has 1 aromatic rings. The summed E-state index contributed by atoms with van der Waals surface area (Å²) in [6.07, 6.45) is 0. The zero-order chi connectivity index (χ0) is 15.6. The lowest BCUT2D eigenvalue weighted by Crippen LogP contribution is -2.46. The average molecular weight is 413 g/mol. The van der Waals surface area contributed by atoms with Crippen LogP contribution in [0.4, 0.5) is 0 Å². The van der Waals surface area contributed by atoms with E-state index in [0.717, 1.165) is 17.4 Å². The van der Waals surface area contributed by atoms with Crippen LogP contribution >= 0.6 is 28.3 Å². The Morgan fingerprint density at radius 3 is 2.36 bits per heavy atom. The Morgan fingerprint density at radius 2 is 1.86 bits per heavy atom. The largest absolute Gasteiger partial charge is 0.336 e. The minimum atomic E-state index is -3.52. The van der Waals surface area contributed by atoms with Crippen molar-refractivity contribution < 1.29 is 13.2 Å². The molecular formula is C13H19BrClN3O3S. The molecular weight excluding hydrogens is 394 g/mol. The van der Waals surface area contributed by atoms with E-state index < -0.39 is 10.0 Å². The molecule has 0 unspecified atom stereocenters. The van der Waals surface area contributed by atoms with Crippen molar-refractivity contribution in [3.05, 3.63) is 28.2 Å². The van der Waals surface area contributed by atoms with Crippen LogP contribution in [0.5, 0.6) is 0 Å². The Balaban J connectivity index is 0.00000242. The van der Waals surface area contributed by atoms with Crippen LogP contribution in [0.15, 0.2) is 27.6 Å². The van der Waals surface area contributed by atoms with Crippen LogP contribution in [0.25, 0.3) is 0 Å². The fourth-order valence-corrected chi connectivity index (χ4v) is 4.02. The SMILES string of the molecule is CN(C)S(=O)(=O)c1ccc(C(=O)N2CCNCC2)cc1Br.Cl. The summed E-state index contributed by atoms with van der Waals surface area (Å²) in [4.78, 5) is 14.3. The number of carbonyl (C=O) groups is 1. The predicted octanol–water partition coefficient (Wildman–Crippen LogP) is 1.17. The molecule has 1 N–H and O–H groups in total. The number of carbonyl (C=O) groups excluding carboxylic acids is 1. The van der Waals surface area contributed by atoms with Crippen molar-refractivity contribution in [3.63, 3.8) is 0 Å². The van der Waals surface area contributed by atoms with E-state index in [2.05, 4.69) is 21.2 Å². The topological polar surface area (TPSA) is 69.7 Å². The molecule has 124 valence electrons. The van der Waals surface area contributed by atoms with Crippen LogP contribution < -0.4 is 5.32 Å². The molecule has 1 aromatic carbocycles. The molecule has 0 saturated carbocycles. The maximum absolute atomic E-state index is 12.4. The summed E-state index contributed by atoms with van der Waals surface area (Å²) in [7, 11) is -0.576. The zero-order valence-corrected chi connectivity index (χ0v) is 15.6. The Bertz CT molecular complexity index is 646. The van der Waals surface area contributed by atoms with E-state index in [0.29, 0.717) is 23.1 Å². The maximum Gasteiger partial charge on any atom is 0.253 e. The molecule has 1 heterocycles. The summed E-state index contributed by atoms with van der Waals surface area (Å²) < 4.78 is 25.8. The van der Waals surface area contributed by atoms with Crippen LogP contribution in [0, 0.1) is 0 Å².